The van der Waals surface area contributed by atoms with Crippen LogP contribution in [0.15, 0.2) is 16.6 Å². The molecular formula is C13H9BrClNO3. The van der Waals surface area contributed by atoms with Crippen LogP contribution in [0.5, 0.6) is 0 Å². The molecule has 0 radical (unpaired) electrons. The van der Waals surface area contributed by atoms with Crippen LogP contribution in [0, 0.1) is 18.3 Å². The maximum Gasteiger partial charge on any atom is 0.337 e. The highest BCUT2D eigenvalue weighted by Gasteiger charge is 2.33. The molecule has 1 aliphatic heterocycles. The standard InChI is InChI=1S/C13H9BrClNO3/c1-2-7-3-11(17)16(6-7)12-9(13(18)19)4-8(15)5-10(12)14/h1,4-5,7H,3,6H2,(H,18,19). The van der Waals surface area contributed by atoms with E-state index in [4.69, 9.17) is 18.0 Å². The summed E-state index contributed by atoms with van der Waals surface area (Å²) in [4.78, 5) is 24.6. The van der Waals surface area contributed by atoms with Crippen molar-refractivity contribution in [3.8, 4) is 12.3 Å². The summed E-state index contributed by atoms with van der Waals surface area (Å²) in [5, 5.41) is 9.51. The van der Waals surface area contributed by atoms with Crippen LogP contribution in [0.4, 0.5) is 5.69 Å². The van der Waals surface area contributed by atoms with Gasteiger partial charge in [-0.1, -0.05) is 11.6 Å². The molecule has 0 aromatic heterocycles. The van der Waals surface area contributed by atoms with Crippen molar-refractivity contribution in [1.82, 2.24) is 0 Å². The molecule has 1 aromatic rings. The van der Waals surface area contributed by atoms with Gasteiger partial charge in [0.1, 0.15) is 0 Å². The van der Waals surface area contributed by atoms with E-state index in [1.807, 2.05) is 0 Å². The number of halogens is 2. The Morgan fingerprint density at radius 3 is 2.79 bits per heavy atom. The van der Waals surface area contributed by atoms with E-state index in [0.29, 0.717) is 16.7 Å². The second kappa shape index (κ2) is 5.24. The maximum atomic E-state index is 11.9. The molecule has 1 atom stereocenters. The minimum atomic E-state index is -1.14. The van der Waals surface area contributed by atoms with Gasteiger partial charge in [-0.05, 0) is 28.1 Å². The van der Waals surface area contributed by atoms with Crippen molar-refractivity contribution in [3.63, 3.8) is 0 Å². The highest BCUT2D eigenvalue weighted by atomic mass is 79.9. The molecule has 98 valence electrons. The van der Waals surface area contributed by atoms with Gasteiger partial charge in [0.15, 0.2) is 0 Å². The number of terminal acetylenes is 1. The number of hydrogen-bond donors (Lipinski definition) is 1. The Morgan fingerprint density at radius 2 is 2.26 bits per heavy atom. The third-order valence-electron chi connectivity index (χ3n) is 2.89. The molecule has 2 rings (SSSR count). The van der Waals surface area contributed by atoms with Crippen LogP contribution in [-0.2, 0) is 4.79 Å². The fourth-order valence-corrected chi connectivity index (χ4v) is 3.06. The fraction of sp³-hybridized carbons (Fsp3) is 0.231. The Bertz CT molecular complexity index is 609. The van der Waals surface area contributed by atoms with Crippen molar-refractivity contribution in [2.45, 2.75) is 6.42 Å². The highest BCUT2D eigenvalue weighted by Crippen LogP contribution is 2.36. The Morgan fingerprint density at radius 1 is 1.58 bits per heavy atom. The second-order valence-corrected chi connectivity index (χ2v) is 5.45. The van der Waals surface area contributed by atoms with Crippen molar-refractivity contribution in [3.05, 3.63) is 27.2 Å². The van der Waals surface area contributed by atoms with Gasteiger partial charge in [0.2, 0.25) is 5.91 Å². The summed E-state index contributed by atoms with van der Waals surface area (Å²) < 4.78 is 0.462. The predicted octanol–water partition coefficient (Wildman–Crippen LogP) is 2.79. The molecule has 4 nitrogen and oxygen atoms in total. The summed E-state index contributed by atoms with van der Waals surface area (Å²) in [5.41, 5.74) is 0.282. The third kappa shape index (κ3) is 2.60. The smallest absolute Gasteiger partial charge is 0.337 e. The lowest BCUT2D eigenvalue weighted by molar-refractivity contribution is -0.117. The van der Waals surface area contributed by atoms with Gasteiger partial charge in [0.05, 0.1) is 11.3 Å². The Balaban J connectivity index is 2.54. The fourth-order valence-electron chi connectivity index (χ4n) is 2.04. The monoisotopic (exact) mass is 341 g/mol. The number of anilines is 1. The zero-order chi connectivity index (χ0) is 14.2. The van der Waals surface area contributed by atoms with Crippen molar-refractivity contribution in [2.75, 3.05) is 11.4 Å². The normalized spacial score (nSPS) is 18.5. The van der Waals surface area contributed by atoms with Gasteiger partial charge in [-0.15, -0.1) is 12.3 Å². The highest BCUT2D eigenvalue weighted by molar-refractivity contribution is 9.10. The molecule has 1 amide bonds. The number of hydrogen-bond acceptors (Lipinski definition) is 2. The average molecular weight is 343 g/mol. The Labute approximate surface area is 123 Å². The second-order valence-electron chi connectivity index (χ2n) is 4.16. The number of nitrogens with zero attached hydrogens (tertiary/aromatic N) is 1. The molecule has 0 spiro atoms. The summed E-state index contributed by atoms with van der Waals surface area (Å²) in [5.74, 6) is 0.995. The van der Waals surface area contributed by atoms with E-state index in [-0.39, 0.29) is 28.8 Å². The molecule has 0 bridgehead atoms. The SMILES string of the molecule is C#CC1CC(=O)N(c2c(Br)cc(Cl)cc2C(=O)O)C1. The lowest BCUT2D eigenvalue weighted by Gasteiger charge is -2.20. The largest absolute Gasteiger partial charge is 0.478 e. The maximum absolute atomic E-state index is 11.9. The van der Waals surface area contributed by atoms with Crippen molar-refractivity contribution in [1.29, 1.82) is 0 Å². The van der Waals surface area contributed by atoms with Crippen LogP contribution in [-0.4, -0.2) is 23.5 Å². The molecule has 1 aliphatic rings. The van der Waals surface area contributed by atoms with Gasteiger partial charge < -0.3 is 10.0 Å². The van der Waals surface area contributed by atoms with Crippen LogP contribution >= 0.6 is 27.5 Å². The van der Waals surface area contributed by atoms with E-state index in [0.717, 1.165) is 0 Å². The minimum Gasteiger partial charge on any atom is -0.478 e. The number of carbonyl (C=O) groups is 2. The molecule has 1 heterocycles. The zero-order valence-corrected chi connectivity index (χ0v) is 12.0. The van der Waals surface area contributed by atoms with Crippen LogP contribution in [0.1, 0.15) is 16.8 Å². The number of carboxylic acid groups (broad SMARTS) is 1. The predicted molar refractivity (Wildman–Crippen MR) is 75.4 cm³/mol. The van der Waals surface area contributed by atoms with Gasteiger partial charge in [-0.25, -0.2) is 4.79 Å². The molecular weight excluding hydrogens is 334 g/mol. The van der Waals surface area contributed by atoms with Gasteiger partial charge in [0, 0.05) is 28.4 Å². The number of benzene rings is 1. The first-order valence-corrected chi connectivity index (χ1v) is 6.60. The van der Waals surface area contributed by atoms with Gasteiger partial charge in [-0.3, -0.25) is 4.79 Å². The van der Waals surface area contributed by atoms with E-state index in [1.54, 1.807) is 6.07 Å². The molecule has 1 unspecified atom stereocenters. The molecule has 1 fully saturated rings. The number of amides is 1. The van der Waals surface area contributed by atoms with Crippen molar-refractivity contribution >= 4 is 45.1 Å². The number of rotatable bonds is 2. The summed E-state index contributed by atoms with van der Waals surface area (Å²) in [6.07, 6.45) is 5.55. The first-order chi connectivity index (χ1) is 8.93. The van der Waals surface area contributed by atoms with E-state index < -0.39 is 5.97 Å². The zero-order valence-electron chi connectivity index (χ0n) is 9.69. The molecule has 0 aliphatic carbocycles. The molecule has 1 saturated heterocycles. The molecule has 1 N–H and O–H groups in total. The molecule has 1 aromatic carbocycles. The summed E-state index contributed by atoms with van der Waals surface area (Å²) in [6.45, 7) is 0.315. The van der Waals surface area contributed by atoms with Crippen molar-refractivity contribution in [2.24, 2.45) is 5.92 Å². The number of carboxylic acids is 1. The number of aromatic carboxylic acids is 1. The lowest BCUT2D eigenvalue weighted by Crippen LogP contribution is -2.27. The lowest BCUT2D eigenvalue weighted by atomic mass is 10.1. The van der Waals surface area contributed by atoms with Gasteiger partial charge in [-0.2, -0.15) is 0 Å². The van der Waals surface area contributed by atoms with Crippen LogP contribution < -0.4 is 4.90 Å². The van der Waals surface area contributed by atoms with Gasteiger partial charge in [0.25, 0.3) is 0 Å². The van der Waals surface area contributed by atoms with E-state index in [2.05, 4.69) is 21.9 Å². The average Bonchev–Trinajstić information content (AvgIpc) is 2.69. The topological polar surface area (TPSA) is 57.6 Å². The van der Waals surface area contributed by atoms with Crippen molar-refractivity contribution < 1.29 is 14.7 Å². The van der Waals surface area contributed by atoms with Crippen LogP contribution in [0.25, 0.3) is 0 Å². The van der Waals surface area contributed by atoms with E-state index in [1.165, 1.54) is 11.0 Å². The molecule has 19 heavy (non-hydrogen) atoms. The first kappa shape index (κ1) is 13.9. The van der Waals surface area contributed by atoms with Crippen LogP contribution in [0.3, 0.4) is 0 Å². The summed E-state index contributed by atoms with van der Waals surface area (Å²) in [6, 6.07) is 2.88. The summed E-state index contributed by atoms with van der Waals surface area (Å²) >= 11 is 9.09. The third-order valence-corrected chi connectivity index (χ3v) is 3.71. The van der Waals surface area contributed by atoms with E-state index in [9.17, 15) is 14.7 Å². The number of carbonyl (C=O) groups excluding carboxylic acids is 1. The minimum absolute atomic E-state index is 0.0228. The quantitative estimate of drug-likeness (QED) is 0.841. The Hall–Kier alpha value is -1.51. The molecule has 0 saturated carbocycles. The molecule has 6 heteroatoms. The summed E-state index contributed by atoms with van der Waals surface area (Å²) in [7, 11) is 0. The van der Waals surface area contributed by atoms with E-state index >= 15 is 0 Å². The Kier molecular flexibility index (Phi) is 3.83. The first-order valence-electron chi connectivity index (χ1n) is 5.43. The van der Waals surface area contributed by atoms with Gasteiger partial charge >= 0.3 is 5.97 Å². The van der Waals surface area contributed by atoms with Crippen LogP contribution in [0.2, 0.25) is 5.02 Å².